The van der Waals surface area contributed by atoms with E-state index in [9.17, 15) is 145 Å². The van der Waals surface area contributed by atoms with Crippen molar-refractivity contribution in [2.45, 2.75) is 88.8 Å². The molecule has 0 aromatic carbocycles. The van der Waals surface area contributed by atoms with Gasteiger partial charge in [-0.05, 0) is 0 Å². The zero-order valence-corrected chi connectivity index (χ0v) is 22.1. The van der Waals surface area contributed by atoms with Gasteiger partial charge in [-0.1, -0.05) is 0 Å². The first-order valence-electron chi connectivity index (χ1n) is 10.2. The zero-order valence-electron chi connectivity index (χ0n) is 21.3. The summed E-state index contributed by atoms with van der Waals surface area (Å²) < 4.78 is 440. The minimum Gasteiger partial charge on any atom is -0.281 e. The van der Waals surface area contributed by atoms with E-state index in [1.807, 2.05) is 0 Å². The maximum Gasteiger partial charge on any atom is 0.440 e. The summed E-state index contributed by atoms with van der Waals surface area (Å²) in [5.74, 6) is -88.1. The molecule has 1 N–H and O–H groups in total. The standard InChI is InChI=1S/C15HF31O4S/c16-1(11(35,36)37,12(38,39)40)13(41,42)50-14(43,44)9(31,32)7(27,28)5(23,24)3(19,20)2(17,18)4(21,22)6(25,26)8(29,30)10(33,34)15(45,46)51(47,48)49/h(H,47,48,49). The lowest BCUT2D eigenvalue weighted by atomic mass is 9.86. The summed E-state index contributed by atoms with van der Waals surface area (Å²) in [6.07, 6.45) is -35.2. The second kappa shape index (κ2) is 11.6. The van der Waals surface area contributed by atoms with Crippen LogP contribution in [0, 0.1) is 0 Å². The molecule has 0 aromatic heterocycles. The van der Waals surface area contributed by atoms with Crippen LogP contribution in [0.1, 0.15) is 0 Å². The molecule has 0 rings (SSSR count). The Balaban J connectivity index is 7.59. The molecular weight excluding hydrogens is 865 g/mol. The molecule has 0 heterocycles. The number of halogens is 31. The van der Waals surface area contributed by atoms with E-state index in [0.717, 1.165) is 0 Å². The average molecular weight is 866 g/mol. The number of hydrogen-bond donors (Lipinski definition) is 1. The molecule has 0 aromatic rings. The van der Waals surface area contributed by atoms with E-state index in [-0.39, 0.29) is 0 Å². The lowest BCUT2D eigenvalue weighted by Crippen LogP contribution is -2.78. The third-order valence-electron chi connectivity index (χ3n) is 5.65. The van der Waals surface area contributed by atoms with Crippen molar-refractivity contribution in [3.63, 3.8) is 0 Å². The second-order valence-corrected chi connectivity index (χ2v) is 10.4. The van der Waals surface area contributed by atoms with Crippen molar-refractivity contribution >= 4 is 10.1 Å². The summed E-state index contributed by atoms with van der Waals surface area (Å²) in [6.45, 7) is 0. The van der Waals surface area contributed by atoms with Gasteiger partial charge in [-0.2, -0.15) is 140 Å². The highest BCUT2D eigenvalue weighted by atomic mass is 32.2. The van der Waals surface area contributed by atoms with Gasteiger partial charge >= 0.3 is 98.9 Å². The van der Waals surface area contributed by atoms with Crippen molar-refractivity contribution in [3.8, 4) is 0 Å². The minimum absolute atomic E-state index is 0.582. The van der Waals surface area contributed by atoms with Gasteiger partial charge in [0.15, 0.2) is 0 Å². The minimum atomic E-state index is -10.1. The van der Waals surface area contributed by atoms with E-state index in [1.165, 1.54) is 0 Å². The number of rotatable bonds is 14. The van der Waals surface area contributed by atoms with Crippen molar-refractivity contribution < 1.29 is 154 Å². The lowest BCUT2D eigenvalue weighted by molar-refractivity contribution is -0.529. The first-order valence-corrected chi connectivity index (χ1v) is 11.7. The van der Waals surface area contributed by atoms with Gasteiger partial charge in [-0.25, -0.2) is 9.13 Å². The molecular formula is C15HF31O4S. The van der Waals surface area contributed by atoms with Crippen molar-refractivity contribution in [1.29, 1.82) is 0 Å². The van der Waals surface area contributed by atoms with Gasteiger partial charge in [0.25, 0.3) is 0 Å². The SMILES string of the molecule is O=S(=O)(O)C(F)(F)C(F)(F)C(F)(F)C(F)(F)C(F)(F)C(F)(F)C(F)(F)C(F)(F)C(F)(F)C(F)(F)C(F)(F)OC(F)(F)C(F)(C(F)(F)F)C(F)(F)F. The number of hydrogen-bond acceptors (Lipinski definition) is 3. The Labute approximate surface area is 254 Å². The van der Waals surface area contributed by atoms with Crippen molar-refractivity contribution in [2.24, 2.45) is 0 Å². The van der Waals surface area contributed by atoms with Gasteiger partial charge in [0.1, 0.15) is 0 Å². The van der Waals surface area contributed by atoms with Crippen LogP contribution in [0.5, 0.6) is 0 Å². The predicted molar refractivity (Wildman–Crippen MR) is 87.9 cm³/mol. The van der Waals surface area contributed by atoms with Crippen LogP contribution in [-0.4, -0.2) is 102 Å². The molecule has 0 amide bonds. The normalized spacial score (nSPS) is 17.3. The fourth-order valence-corrected chi connectivity index (χ4v) is 3.15. The van der Waals surface area contributed by atoms with Gasteiger partial charge in [0.05, 0.1) is 0 Å². The van der Waals surface area contributed by atoms with Gasteiger partial charge in [0, 0.05) is 0 Å². The first kappa shape index (κ1) is 48.7. The van der Waals surface area contributed by atoms with E-state index in [4.69, 9.17) is 4.55 Å². The van der Waals surface area contributed by atoms with E-state index in [1.54, 1.807) is 0 Å². The Morgan fingerprint density at radius 2 is 0.510 bits per heavy atom. The highest BCUT2D eigenvalue weighted by Crippen LogP contribution is 2.68. The molecule has 4 nitrogen and oxygen atoms in total. The topological polar surface area (TPSA) is 63.6 Å². The van der Waals surface area contributed by atoms with E-state index >= 15 is 0 Å². The fraction of sp³-hybridized carbons (Fsp3) is 1.00. The Hall–Kier alpha value is -2.30. The lowest BCUT2D eigenvalue weighted by Gasteiger charge is -2.45. The van der Waals surface area contributed by atoms with E-state index in [0.29, 0.717) is 4.74 Å². The molecule has 36 heteroatoms. The number of ether oxygens (including phenoxy) is 1. The largest absolute Gasteiger partial charge is 0.440 e. The maximum atomic E-state index is 13.7. The Kier molecular flexibility index (Phi) is 11.1. The maximum absolute atomic E-state index is 13.7. The quantitative estimate of drug-likeness (QED) is 0.140. The molecule has 308 valence electrons. The van der Waals surface area contributed by atoms with Gasteiger partial charge in [-0.3, -0.25) is 4.55 Å². The van der Waals surface area contributed by atoms with E-state index < -0.39 is 98.9 Å². The summed E-state index contributed by atoms with van der Waals surface area (Å²) in [4.78, 5) is 0. The molecule has 0 radical (unpaired) electrons. The smallest absolute Gasteiger partial charge is 0.281 e. The van der Waals surface area contributed by atoms with Crippen LogP contribution in [0.3, 0.4) is 0 Å². The summed E-state index contributed by atoms with van der Waals surface area (Å²) in [5, 5.41) is -8.37. The first-order chi connectivity index (χ1) is 21.2. The van der Waals surface area contributed by atoms with Crippen LogP contribution in [0.4, 0.5) is 136 Å². The zero-order chi connectivity index (χ0) is 42.7. The van der Waals surface area contributed by atoms with E-state index in [2.05, 4.69) is 0 Å². The van der Waals surface area contributed by atoms with Gasteiger partial charge in [0.2, 0.25) is 0 Å². The van der Waals surface area contributed by atoms with Crippen molar-refractivity contribution in [1.82, 2.24) is 0 Å². The van der Waals surface area contributed by atoms with Crippen LogP contribution >= 0.6 is 0 Å². The van der Waals surface area contributed by atoms with Crippen LogP contribution in [0.15, 0.2) is 0 Å². The van der Waals surface area contributed by atoms with Crippen molar-refractivity contribution in [2.75, 3.05) is 0 Å². The molecule has 0 aliphatic rings. The molecule has 0 atom stereocenters. The summed E-state index contributed by atoms with van der Waals surface area (Å²) >= 11 is 0. The molecule has 0 aliphatic heterocycles. The molecule has 0 fully saturated rings. The van der Waals surface area contributed by atoms with Crippen molar-refractivity contribution in [3.05, 3.63) is 0 Å². The molecule has 0 bridgehead atoms. The predicted octanol–water partition coefficient (Wildman–Crippen LogP) is 9.22. The fourth-order valence-electron chi connectivity index (χ4n) is 2.69. The highest BCUT2D eigenvalue weighted by molar-refractivity contribution is 7.87. The molecule has 0 unspecified atom stereocenters. The molecule has 0 spiro atoms. The van der Waals surface area contributed by atoms with Crippen LogP contribution in [0.2, 0.25) is 0 Å². The van der Waals surface area contributed by atoms with Gasteiger partial charge < -0.3 is 0 Å². The Bertz CT molecular complexity index is 1390. The third kappa shape index (κ3) is 5.92. The highest BCUT2D eigenvalue weighted by Gasteiger charge is 3.00. The monoisotopic (exact) mass is 866 g/mol. The number of alkyl halides is 31. The summed E-state index contributed by atoms with van der Waals surface area (Å²) in [6, 6.07) is 0. The summed E-state index contributed by atoms with van der Waals surface area (Å²) in [5.41, 5.74) is -8.87. The molecule has 51 heavy (non-hydrogen) atoms. The van der Waals surface area contributed by atoms with Crippen LogP contribution < -0.4 is 0 Å². The molecule has 0 saturated heterocycles. The average Bonchev–Trinajstić information content (AvgIpc) is 2.84. The molecule has 0 aliphatic carbocycles. The Morgan fingerprint density at radius 1 is 0.314 bits per heavy atom. The second-order valence-electron chi connectivity index (χ2n) is 8.95. The summed E-state index contributed by atoms with van der Waals surface area (Å²) in [7, 11) is -8.39. The molecule has 0 saturated carbocycles. The van der Waals surface area contributed by atoms with Gasteiger partial charge in [-0.15, -0.1) is 0 Å². The third-order valence-corrected chi connectivity index (χ3v) is 6.55. The van der Waals surface area contributed by atoms with Crippen LogP contribution in [-0.2, 0) is 14.9 Å². The van der Waals surface area contributed by atoms with Crippen LogP contribution in [0.25, 0.3) is 0 Å². The Morgan fingerprint density at radius 3 is 0.706 bits per heavy atom.